The number of carbonyl (C=O) groups excluding carboxylic acids is 2. The van der Waals surface area contributed by atoms with Gasteiger partial charge in [-0.1, -0.05) is 77.8 Å². The van der Waals surface area contributed by atoms with Gasteiger partial charge in [-0.2, -0.15) is 0 Å². The van der Waals surface area contributed by atoms with E-state index in [1.54, 1.807) is 36.1 Å². The Morgan fingerprint density at radius 2 is 1.74 bits per heavy atom. The van der Waals surface area contributed by atoms with Crippen LogP contribution in [0.1, 0.15) is 50.2 Å². The van der Waals surface area contributed by atoms with Crippen LogP contribution in [0.5, 0.6) is 0 Å². The smallest absolute Gasteiger partial charge is 0.242 e. The van der Waals surface area contributed by atoms with Gasteiger partial charge in [0, 0.05) is 28.4 Å². The highest BCUT2D eigenvalue weighted by Crippen LogP contribution is 2.26. The van der Waals surface area contributed by atoms with Gasteiger partial charge in [0.2, 0.25) is 11.8 Å². The van der Waals surface area contributed by atoms with Crippen LogP contribution in [0.25, 0.3) is 0 Å². The van der Waals surface area contributed by atoms with Crippen LogP contribution < -0.4 is 5.32 Å². The molecule has 2 aromatic carbocycles. The lowest BCUT2D eigenvalue weighted by molar-refractivity contribution is -0.139. The van der Waals surface area contributed by atoms with Gasteiger partial charge in [0.15, 0.2) is 0 Å². The minimum Gasteiger partial charge on any atom is -0.352 e. The first kappa shape index (κ1) is 27.5. The summed E-state index contributed by atoms with van der Waals surface area (Å²) in [6.45, 7) is 2.03. The summed E-state index contributed by atoms with van der Waals surface area (Å²) < 4.78 is 0. The quantitative estimate of drug-likeness (QED) is 0.347. The van der Waals surface area contributed by atoms with E-state index in [1.807, 2.05) is 12.1 Å². The van der Waals surface area contributed by atoms with Crippen molar-refractivity contribution >= 4 is 70.0 Å². The van der Waals surface area contributed by atoms with Crippen molar-refractivity contribution in [3.05, 3.63) is 67.6 Å². The number of nitrogens with one attached hydrogen (secondary N) is 1. The van der Waals surface area contributed by atoms with Gasteiger partial charge in [-0.3, -0.25) is 9.59 Å². The Labute approximate surface area is 225 Å². The summed E-state index contributed by atoms with van der Waals surface area (Å²) in [5.74, 6) is 0.505. The molecule has 1 N–H and O–H groups in total. The average Bonchev–Trinajstić information content (AvgIpc) is 2.81. The highest BCUT2D eigenvalue weighted by atomic mass is 35.5. The fourth-order valence-electron chi connectivity index (χ4n) is 3.96. The molecule has 1 aliphatic carbocycles. The molecule has 0 radical (unpaired) electrons. The Balaban J connectivity index is 1.69. The molecular formula is C25H28Cl4N2O2S. The number of hydrogen-bond donors (Lipinski definition) is 1. The van der Waals surface area contributed by atoms with Crippen LogP contribution in [-0.2, 0) is 21.9 Å². The van der Waals surface area contributed by atoms with Crippen LogP contribution in [0, 0.1) is 0 Å². The second-order valence-electron chi connectivity index (χ2n) is 8.52. The maximum absolute atomic E-state index is 13.3. The van der Waals surface area contributed by atoms with Crippen molar-refractivity contribution in [2.75, 3.05) is 5.75 Å². The number of carbonyl (C=O) groups is 2. The van der Waals surface area contributed by atoms with E-state index in [4.69, 9.17) is 46.4 Å². The number of nitrogens with zero attached hydrogens (tertiary/aromatic N) is 1. The maximum Gasteiger partial charge on any atom is 0.242 e. The SMILES string of the molecule is C[C@@H](C(=O)NC1CCCCC1)N(Cc1ccc(Cl)c(Cl)c1)C(=O)CSCc1ccc(Cl)cc1Cl. The van der Waals surface area contributed by atoms with Crippen molar-refractivity contribution in [1.82, 2.24) is 10.2 Å². The van der Waals surface area contributed by atoms with Crippen molar-refractivity contribution in [1.29, 1.82) is 0 Å². The molecule has 1 atom stereocenters. The molecule has 34 heavy (non-hydrogen) atoms. The summed E-state index contributed by atoms with van der Waals surface area (Å²) in [5.41, 5.74) is 1.72. The Bertz CT molecular complexity index is 1010. The van der Waals surface area contributed by atoms with Crippen molar-refractivity contribution in [3.8, 4) is 0 Å². The largest absolute Gasteiger partial charge is 0.352 e. The third-order valence-corrected chi connectivity index (χ3v) is 8.25. The molecule has 0 aromatic heterocycles. The predicted octanol–water partition coefficient (Wildman–Crippen LogP) is 7.40. The highest BCUT2D eigenvalue weighted by Gasteiger charge is 2.28. The molecule has 0 saturated heterocycles. The molecule has 1 saturated carbocycles. The van der Waals surface area contributed by atoms with E-state index in [0.29, 0.717) is 25.8 Å². The van der Waals surface area contributed by atoms with Crippen LogP contribution in [0.4, 0.5) is 0 Å². The molecule has 3 rings (SSSR count). The van der Waals surface area contributed by atoms with E-state index in [2.05, 4.69) is 5.32 Å². The standard InChI is InChI=1S/C25H28Cl4N2O2S/c1-16(25(33)30-20-5-3-2-4-6-20)31(13-17-7-10-21(27)23(29)11-17)24(32)15-34-14-18-8-9-19(26)12-22(18)28/h7-12,16,20H,2-6,13-15H2,1H3,(H,30,33)/t16-/m0/s1. The summed E-state index contributed by atoms with van der Waals surface area (Å²) in [4.78, 5) is 27.9. The maximum atomic E-state index is 13.3. The minimum atomic E-state index is -0.622. The van der Waals surface area contributed by atoms with Crippen LogP contribution >= 0.6 is 58.2 Å². The summed E-state index contributed by atoms with van der Waals surface area (Å²) in [6.07, 6.45) is 5.41. The molecule has 1 aliphatic rings. The van der Waals surface area contributed by atoms with E-state index in [0.717, 1.165) is 36.8 Å². The summed E-state index contributed by atoms with van der Waals surface area (Å²) >= 11 is 25.9. The van der Waals surface area contributed by atoms with E-state index in [9.17, 15) is 9.59 Å². The van der Waals surface area contributed by atoms with Gasteiger partial charge in [-0.25, -0.2) is 0 Å². The topological polar surface area (TPSA) is 49.4 Å². The van der Waals surface area contributed by atoms with Crippen molar-refractivity contribution < 1.29 is 9.59 Å². The Kier molecular flexibility index (Phi) is 10.7. The van der Waals surface area contributed by atoms with Crippen LogP contribution in [-0.4, -0.2) is 34.6 Å². The van der Waals surface area contributed by atoms with Crippen molar-refractivity contribution in [2.45, 2.75) is 63.4 Å². The molecule has 1 fully saturated rings. The predicted molar refractivity (Wildman–Crippen MR) is 144 cm³/mol. The van der Waals surface area contributed by atoms with Gasteiger partial charge >= 0.3 is 0 Å². The van der Waals surface area contributed by atoms with E-state index in [-0.39, 0.29) is 30.2 Å². The van der Waals surface area contributed by atoms with Gasteiger partial charge in [0.1, 0.15) is 6.04 Å². The molecule has 0 aliphatic heterocycles. The molecular weight excluding hydrogens is 534 g/mol. The minimum absolute atomic E-state index is 0.132. The van der Waals surface area contributed by atoms with Gasteiger partial charge in [-0.15, -0.1) is 11.8 Å². The zero-order chi connectivity index (χ0) is 24.7. The molecule has 0 spiro atoms. The van der Waals surface area contributed by atoms with E-state index < -0.39 is 6.04 Å². The van der Waals surface area contributed by atoms with Crippen LogP contribution in [0.3, 0.4) is 0 Å². The average molecular weight is 562 g/mol. The Morgan fingerprint density at radius 1 is 1.00 bits per heavy atom. The molecule has 0 unspecified atom stereocenters. The van der Waals surface area contributed by atoms with E-state index >= 15 is 0 Å². The molecule has 4 nitrogen and oxygen atoms in total. The summed E-state index contributed by atoms with van der Waals surface area (Å²) in [5, 5.41) is 5.14. The first-order valence-electron chi connectivity index (χ1n) is 11.3. The lowest BCUT2D eigenvalue weighted by Gasteiger charge is -2.31. The van der Waals surface area contributed by atoms with Crippen molar-refractivity contribution in [3.63, 3.8) is 0 Å². The van der Waals surface area contributed by atoms with Crippen molar-refractivity contribution in [2.24, 2.45) is 0 Å². The molecule has 0 bridgehead atoms. The lowest BCUT2D eigenvalue weighted by Crippen LogP contribution is -2.50. The first-order chi connectivity index (χ1) is 16.2. The normalized spacial score (nSPS) is 15.1. The number of halogens is 4. The number of amides is 2. The zero-order valence-corrected chi connectivity index (χ0v) is 22.8. The van der Waals surface area contributed by atoms with Gasteiger partial charge < -0.3 is 10.2 Å². The first-order valence-corrected chi connectivity index (χ1v) is 14.0. The van der Waals surface area contributed by atoms with E-state index in [1.165, 1.54) is 18.2 Å². The second-order valence-corrected chi connectivity index (χ2v) is 11.2. The number of thioether (sulfide) groups is 1. The number of rotatable bonds is 9. The number of benzene rings is 2. The fraction of sp³-hybridized carbons (Fsp3) is 0.440. The number of hydrogen-bond acceptors (Lipinski definition) is 3. The third-order valence-electron chi connectivity index (χ3n) is 5.95. The molecule has 2 aromatic rings. The van der Waals surface area contributed by atoms with Crippen LogP contribution in [0.2, 0.25) is 20.1 Å². The lowest BCUT2D eigenvalue weighted by atomic mass is 9.95. The summed E-state index contributed by atoms with van der Waals surface area (Å²) in [7, 11) is 0. The highest BCUT2D eigenvalue weighted by molar-refractivity contribution is 7.99. The molecule has 2 amide bonds. The Hall–Kier alpha value is -1.11. The monoisotopic (exact) mass is 560 g/mol. The molecule has 9 heteroatoms. The zero-order valence-electron chi connectivity index (χ0n) is 19.0. The Morgan fingerprint density at radius 3 is 2.41 bits per heavy atom. The van der Waals surface area contributed by atoms with Gasteiger partial charge in [0.05, 0.1) is 15.8 Å². The van der Waals surface area contributed by atoms with Crippen LogP contribution in [0.15, 0.2) is 36.4 Å². The fourth-order valence-corrected chi connectivity index (χ4v) is 5.75. The second kappa shape index (κ2) is 13.3. The molecule has 184 valence electrons. The third kappa shape index (κ3) is 7.96. The van der Waals surface area contributed by atoms with Gasteiger partial charge in [-0.05, 0) is 55.2 Å². The summed E-state index contributed by atoms with van der Waals surface area (Å²) in [6, 6.07) is 10.1. The van der Waals surface area contributed by atoms with Gasteiger partial charge in [0.25, 0.3) is 0 Å². The molecule has 0 heterocycles.